The number of rotatable bonds is 6. The predicted molar refractivity (Wildman–Crippen MR) is 71.1 cm³/mol. The fourth-order valence-corrected chi connectivity index (χ4v) is 1.94. The minimum Gasteiger partial charge on any atom is -0.396 e. The first-order valence-electron chi connectivity index (χ1n) is 5.71. The summed E-state index contributed by atoms with van der Waals surface area (Å²) in [6.07, 6.45) is 2.93. The van der Waals surface area contributed by atoms with Gasteiger partial charge in [-0.1, -0.05) is 12.1 Å². The fraction of sp³-hybridized carbons (Fsp3) is 0.462. The number of aliphatic hydroxyl groups is 1. The first-order chi connectivity index (χ1) is 8.17. The molecule has 0 bridgehead atoms. The Balaban J connectivity index is 2.51. The number of thioether (sulfide) groups is 1. The Morgan fingerprint density at radius 2 is 2.06 bits per heavy atom. The van der Waals surface area contributed by atoms with E-state index in [0.29, 0.717) is 12.8 Å². The van der Waals surface area contributed by atoms with Crippen LogP contribution < -0.4 is 5.32 Å². The molecule has 1 aromatic rings. The molecule has 4 heteroatoms. The Labute approximate surface area is 107 Å². The maximum atomic E-state index is 11.5. The largest absolute Gasteiger partial charge is 0.396 e. The second-order valence-electron chi connectivity index (χ2n) is 3.89. The third-order valence-corrected chi connectivity index (χ3v) is 3.30. The van der Waals surface area contributed by atoms with E-state index >= 15 is 0 Å². The summed E-state index contributed by atoms with van der Waals surface area (Å²) in [6.45, 7) is 2.02. The van der Waals surface area contributed by atoms with Gasteiger partial charge in [-0.05, 0) is 37.3 Å². The molecule has 0 saturated heterocycles. The lowest BCUT2D eigenvalue weighted by Crippen LogP contribution is -2.26. The molecule has 1 atom stereocenters. The number of hydrogen-bond acceptors (Lipinski definition) is 3. The predicted octanol–water partition coefficient (Wildman–Crippen LogP) is 2.36. The van der Waals surface area contributed by atoms with Crippen molar-refractivity contribution in [3.05, 3.63) is 29.8 Å². The van der Waals surface area contributed by atoms with Gasteiger partial charge in [-0.3, -0.25) is 4.79 Å². The van der Waals surface area contributed by atoms with Gasteiger partial charge in [0.05, 0.1) is 6.04 Å². The van der Waals surface area contributed by atoms with E-state index in [9.17, 15) is 4.79 Å². The quantitative estimate of drug-likeness (QED) is 0.765. The van der Waals surface area contributed by atoms with E-state index in [2.05, 4.69) is 17.4 Å². The second kappa shape index (κ2) is 7.35. The highest BCUT2D eigenvalue weighted by Crippen LogP contribution is 2.18. The monoisotopic (exact) mass is 253 g/mol. The summed E-state index contributed by atoms with van der Waals surface area (Å²) in [5.74, 6) is -0.0134. The molecule has 3 nitrogen and oxygen atoms in total. The molecule has 0 aliphatic rings. The smallest absolute Gasteiger partial charge is 0.220 e. The standard InChI is InChI=1S/C13H19NO2S/c1-10(14-13(16)4-3-9-15)11-5-7-12(17-2)8-6-11/h5-8,10,15H,3-4,9H2,1-2H3,(H,14,16). The molecular formula is C13H19NO2S. The first-order valence-corrected chi connectivity index (χ1v) is 6.94. The van der Waals surface area contributed by atoms with Crippen molar-refractivity contribution in [3.8, 4) is 0 Å². The SMILES string of the molecule is CSc1ccc(C(C)NC(=O)CCCO)cc1. The van der Waals surface area contributed by atoms with Crippen LogP contribution in [-0.4, -0.2) is 23.9 Å². The van der Waals surface area contributed by atoms with Crippen LogP contribution in [0.5, 0.6) is 0 Å². The summed E-state index contributed by atoms with van der Waals surface area (Å²) in [6, 6.07) is 8.18. The molecule has 0 spiro atoms. The zero-order valence-corrected chi connectivity index (χ0v) is 11.1. The molecule has 1 unspecified atom stereocenters. The van der Waals surface area contributed by atoms with Crippen LogP contribution in [0.1, 0.15) is 31.4 Å². The highest BCUT2D eigenvalue weighted by molar-refractivity contribution is 7.98. The van der Waals surface area contributed by atoms with Crippen molar-refractivity contribution < 1.29 is 9.90 Å². The molecule has 1 amide bonds. The van der Waals surface area contributed by atoms with Crippen molar-refractivity contribution in [2.24, 2.45) is 0 Å². The molecular weight excluding hydrogens is 234 g/mol. The van der Waals surface area contributed by atoms with Crippen LogP contribution in [0.3, 0.4) is 0 Å². The Morgan fingerprint density at radius 3 is 2.59 bits per heavy atom. The summed E-state index contributed by atoms with van der Waals surface area (Å²) in [5, 5.41) is 11.6. The van der Waals surface area contributed by atoms with Gasteiger partial charge >= 0.3 is 0 Å². The van der Waals surface area contributed by atoms with Crippen molar-refractivity contribution in [2.75, 3.05) is 12.9 Å². The second-order valence-corrected chi connectivity index (χ2v) is 4.77. The van der Waals surface area contributed by atoms with Crippen LogP contribution in [0.25, 0.3) is 0 Å². The first kappa shape index (κ1) is 14.1. The van der Waals surface area contributed by atoms with Crippen LogP contribution in [0.4, 0.5) is 0 Å². The molecule has 0 saturated carbocycles. The van der Waals surface area contributed by atoms with E-state index in [1.54, 1.807) is 11.8 Å². The highest BCUT2D eigenvalue weighted by Gasteiger charge is 2.08. The number of carbonyl (C=O) groups is 1. The molecule has 1 aromatic carbocycles. The molecule has 0 fully saturated rings. The van der Waals surface area contributed by atoms with E-state index in [0.717, 1.165) is 5.56 Å². The van der Waals surface area contributed by atoms with Crippen LogP contribution in [-0.2, 0) is 4.79 Å². The molecule has 0 heterocycles. The van der Waals surface area contributed by atoms with Crippen LogP contribution in [0.15, 0.2) is 29.2 Å². The van der Waals surface area contributed by atoms with Crippen molar-refractivity contribution in [2.45, 2.75) is 30.7 Å². The maximum absolute atomic E-state index is 11.5. The lowest BCUT2D eigenvalue weighted by molar-refractivity contribution is -0.122. The normalized spacial score (nSPS) is 12.2. The third kappa shape index (κ3) is 4.79. The molecule has 2 N–H and O–H groups in total. The lowest BCUT2D eigenvalue weighted by Gasteiger charge is -2.14. The zero-order chi connectivity index (χ0) is 12.7. The van der Waals surface area contributed by atoms with Crippen molar-refractivity contribution >= 4 is 17.7 Å². The van der Waals surface area contributed by atoms with Gasteiger partial charge in [0.15, 0.2) is 0 Å². The van der Waals surface area contributed by atoms with Crippen LogP contribution >= 0.6 is 11.8 Å². The van der Waals surface area contributed by atoms with E-state index in [1.165, 1.54) is 4.90 Å². The van der Waals surface area contributed by atoms with Gasteiger partial charge in [0.25, 0.3) is 0 Å². The minimum absolute atomic E-state index is 0.0112. The lowest BCUT2D eigenvalue weighted by atomic mass is 10.1. The van der Waals surface area contributed by atoms with Gasteiger partial charge in [-0.2, -0.15) is 0 Å². The number of hydrogen-bond donors (Lipinski definition) is 2. The summed E-state index contributed by atoms with van der Waals surface area (Å²) >= 11 is 1.70. The van der Waals surface area contributed by atoms with Gasteiger partial charge in [-0.15, -0.1) is 11.8 Å². The van der Waals surface area contributed by atoms with Gasteiger partial charge in [0.2, 0.25) is 5.91 Å². The minimum atomic E-state index is -0.0134. The highest BCUT2D eigenvalue weighted by atomic mass is 32.2. The van der Waals surface area contributed by atoms with E-state index < -0.39 is 0 Å². The van der Waals surface area contributed by atoms with Gasteiger partial charge < -0.3 is 10.4 Å². The zero-order valence-electron chi connectivity index (χ0n) is 10.3. The number of carbonyl (C=O) groups excluding carboxylic acids is 1. The third-order valence-electron chi connectivity index (χ3n) is 2.56. The van der Waals surface area contributed by atoms with Gasteiger partial charge in [0.1, 0.15) is 0 Å². The molecule has 0 aromatic heterocycles. The Kier molecular flexibility index (Phi) is 6.08. The molecule has 0 aliphatic carbocycles. The average molecular weight is 253 g/mol. The van der Waals surface area contributed by atoms with E-state index in [1.807, 2.05) is 25.3 Å². The number of benzene rings is 1. The number of aliphatic hydroxyl groups excluding tert-OH is 1. The van der Waals surface area contributed by atoms with Crippen molar-refractivity contribution in [1.82, 2.24) is 5.32 Å². The Morgan fingerprint density at radius 1 is 1.41 bits per heavy atom. The van der Waals surface area contributed by atoms with Gasteiger partial charge in [-0.25, -0.2) is 0 Å². The summed E-state index contributed by atoms with van der Waals surface area (Å²) in [4.78, 5) is 12.7. The number of amides is 1. The Bertz CT molecular complexity index is 351. The average Bonchev–Trinajstić information content (AvgIpc) is 2.36. The van der Waals surface area contributed by atoms with Crippen LogP contribution in [0, 0.1) is 0 Å². The molecule has 0 radical (unpaired) electrons. The number of nitrogens with one attached hydrogen (secondary N) is 1. The molecule has 0 aliphatic heterocycles. The van der Waals surface area contributed by atoms with E-state index in [4.69, 9.17) is 5.11 Å². The van der Waals surface area contributed by atoms with Gasteiger partial charge in [0, 0.05) is 17.9 Å². The van der Waals surface area contributed by atoms with Crippen molar-refractivity contribution in [1.29, 1.82) is 0 Å². The topological polar surface area (TPSA) is 49.3 Å². The van der Waals surface area contributed by atoms with E-state index in [-0.39, 0.29) is 18.6 Å². The summed E-state index contributed by atoms with van der Waals surface area (Å²) in [7, 11) is 0. The Hall–Kier alpha value is -1.00. The van der Waals surface area contributed by atoms with Crippen LogP contribution in [0.2, 0.25) is 0 Å². The molecule has 94 valence electrons. The molecule has 17 heavy (non-hydrogen) atoms. The maximum Gasteiger partial charge on any atom is 0.220 e. The summed E-state index contributed by atoms with van der Waals surface area (Å²) < 4.78 is 0. The fourth-order valence-electron chi connectivity index (χ4n) is 1.53. The van der Waals surface area contributed by atoms with Crippen molar-refractivity contribution in [3.63, 3.8) is 0 Å². The summed E-state index contributed by atoms with van der Waals surface area (Å²) in [5.41, 5.74) is 1.10. The molecule has 1 rings (SSSR count).